The molecule has 20 heavy (non-hydrogen) atoms. The highest BCUT2D eigenvalue weighted by atomic mass is 15.4. The van der Waals surface area contributed by atoms with Gasteiger partial charge in [0.2, 0.25) is 0 Å². The summed E-state index contributed by atoms with van der Waals surface area (Å²) in [6.07, 6.45) is 1.51. The van der Waals surface area contributed by atoms with E-state index < -0.39 is 0 Å². The number of nitrogens with one attached hydrogen (secondary N) is 1. The molecule has 0 aromatic carbocycles. The molecular formula is C14H20N6. The average Bonchev–Trinajstić information content (AvgIpc) is 2.80. The molecule has 2 heterocycles. The minimum Gasteiger partial charge on any atom is -0.384 e. The van der Waals surface area contributed by atoms with Gasteiger partial charge in [-0.2, -0.15) is 4.68 Å². The molecule has 2 rings (SSSR count). The quantitative estimate of drug-likeness (QED) is 0.654. The molecule has 0 saturated heterocycles. The van der Waals surface area contributed by atoms with E-state index in [1.807, 2.05) is 33.8 Å². The first-order valence-corrected chi connectivity index (χ1v) is 6.75. The predicted octanol–water partition coefficient (Wildman–Crippen LogP) is 1.69. The summed E-state index contributed by atoms with van der Waals surface area (Å²) in [7, 11) is 0. The Labute approximate surface area is 118 Å². The first-order valence-electron chi connectivity index (χ1n) is 6.75. The fourth-order valence-electron chi connectivity index (χ4n) is 2.24. The Bertz CT molecular complexity index is 656. The van der Waals surface area contributed by atoms with Crippen molar-refractivity contribution in [2.45, 2.75) is 40.5 Å². The number of nitrogen functional groups attached to an aromatic ring is 1. The van der Waals surface area contributed by atoms with Gasteiger partial charge in [0.1, 0.15) is 11.7 Å². The molecule has 0 saturated carbocycles. The summed E-state index contributed by atoms with van der Waals surface area (Å²) in [6.45, 7) is 7.89. The summed E-state index contributed by atoms with van der Waals surface area (Å²) < 4.78 is 1.72. The zero-order valence-electron chi connectivity index (χ0n) is 12.4. The Kier molecular flexibility index (Phi) is 3.83. The summed E-state index contributed by atoms with van der Waals surface area (Å²) >= 11 is 0. The second kappa shape index (κ2) is 5.40. The van der Waals surface area contributed by atoms with Crippen LogP contribution < -0.4 is 5.73 Å². The van der Waals surface area contributed by atoms with E-state index in [1.165, 1.54) is 0 Å². The van der Waals surface area contributed by atoms with E-state index in [9.17, 15) is 0 Å². The molecule has 0 unspecified atom stereocenters. The normalized spacial score (nSPS) is 10.8. The highest BCUT2D eigenvalue weighted by Crippen LogP contribution is 2.18. The van der Waals surface area contributed by atoms with Crippen molar-refractivity contribution in [3.05, 3.63) is 34.5 Å². The molecule has 0 fully saturated rings. The highest BCUT2D eigenvalue weighted by molar-refractivity contribution is 5.99. The van der Waals surface area contributed by atoms with E-state index in [-0.39, 0.29) is 5.84 Å². The lowest BCUT2D eigenvalue weighted by Gasteiger charge is -2.12. The Hall–Kier alpha value is -2.24. The summed E-state index contributed by atoms with van der Waals surface area (Å²) in [5.41, 5.74) is 8.14. The van der Waals surface area contributed by atoms with Crippen LogP contribution in [0.15, 0.2) is 6.07 Å². The van der Waals surface area contributed by atoms with Crippen LogP contribution >= 0.6 is 0 Å². The maximum atomic E-state index is 7.79. The van der Waals surface area contributed by atoms with Crippen LogP contribution in [0, 0.1) is 19.3 Å². The first kappa shape index (κ1) is 14.2. The molecule has 0 radical (unpaired) electrons. The summed E-state index contributed by atoms with van der Waals surface area (Å²) in [4.78, 5) is 9.01. The maximum absolute atomic E-state index is 7.79. The van der Waals surface area contributed by atoms with Crippen LogP contribution in [-0.4, -0.2) is 25.6 Å². The Morgan fingerprint density at radius 3 is 2.50 bits per heavy atom. The highest BCUT2D eigenvalue weighted by Gasteiger charge is 2.18. The van der Waals surface area contributed by atoms with Crippen LogP contribution in [0.25, 0.3) is 5.82 Å². The number of hydrogen-bond acceptors (Lipinski definition) is 4. The molecule has 0 atom stereocenters. The zero-order valence-corrected chi connectivity index (χ0v) is 12.4. The van der Waals surface area contributed by atoms with E-state index >= 15 is 0 Å². The monoisotopic (exact) mass is 272 g/mol. The van der Waals surface area contributed by atoms with Crippen LogP contribution in [0.3, 0.4) is 0 Å². The Morgan fingerprint density at radius 1 is 1.25 bits per heavy atom. The van der Waals surface area contributed by atoms with Crippen molar-refractivity contribution >= 4 is 5.84 Å². The Balaban J connectivity index is 2.74. The van der Waals surface area contributed by atoms with E-state index in [0.29, 0.717) is 11.4 Å². The van der Waals surface area contributed by atoms with Crippen molar-refractivity contribution in [3.63, 3.8) is 0 Å². The number of hydrogen-bond donors (Lipinski definition) is 2. The van der Waals surface area contributed by atoms with Crippen LogP contribution in [-0.2, 0) is 12.8 Å². The van der Waals surface area contributed by atoms with Gasteiger partial charge in [0.15, 0.2) is 11.6 Å². The van der Waals surface area contributed by atoms with Crippen molar-refractivity contribution in [2.24, 2.45) is 5.73 Å². The molecule has 0 aliphatic heterocycles. The van der Waals surface area contributed by atoms with Gasteiger partial charge in [-0.3, -0.25) is 5.41 Å². The second-order valence-corrected chi connectivity index (χ2v) is 4.76. The lowest BCUT2D eigenvalue weighted by molar-refractivity contribution is 0.762. The third kappa shape index (κ3) is 2.41. The summed E-state index contributed by atoms with van der Waals surface area (Å²) in [6, 6.07) is 1.92. The molecule has 0 aliphatic carbocycles. The van der Waals surface area contributed by atoms with Gasteiger partial charge in [-0.25, -0.2) is 9.97 Å². The van der Waals surface area contributed by atoms with Crippen LogP contribution in [0.4, 0.5) is 0 Å². The van der Waals surface area contributed by atoms with Gasteiger partial charge >= 0.3 is 0 Å². The van der Waals surface area contributed by atoms with Crippen LogP contribution in [0.1, 0.15) is 42.3 Å². The SMILES string of the molecule is CCc1nc(CC)n(-c2nc(C)cc(C)c2C(=N)N)n1. The summed E-state index contributed by atoms with van der Waals surface area (Å²) in [5.74, 6) is 2.21. The molecule has 0 bridgehead atoms. The van der Waals surface area contributed by atoms with Crippen LogP contribution in [0.5, 0.6) is 0 Å². The van der Waals surface area contributed by atoms with E-state index in [1.54, 1.807) is 4.68 Å². The van der Waals surface area contributed by atoms with Crippen molar-refractivity contribution in [1.82, 2.24) is 19.7 Å². The molecule has 2 aromatic rings. The molecule has 0 aliphatic rings. The molecule has 3 N–H and O–H groups in total. The number of nitrogens with zero attached hydrogens (tertiary/aromatic N) is 4. The first-order chi connectivity index (χ1) is 9.47. The molecule has 0 amide bonds. The lowest BCUT2D eigenvalue weighted by atomic mass is 10.1. The standard InChI is InChI=1S/C14H20N6/c1-5-10-18-11(6-2)20(19-10)14-12(13(15)16)8(3)7-9(4)17-14/h7H,5-6H2,1-4H3,(H3,15,16). The third-order valence-corrected chi connectivity index (χ3v) is 3.15. The van der Waals surface area contributed by atoms with Crippen molar-refractivity contribution in [3.8, 4) is 5.82 Å². The number of amidine groups is 1. The van der Waals surface area contributed by atoms with E-state index in [0.717, 1.165) is 35.7 Å². The number of pyridine rings is 1. The van der Waals surface area contributed by atoms with Gasteiger partial charge in [-0.15, -0.1) is 5.10 Å². The largest absolute Gasteiger partial charge is 0.384 e. The van der Waals surface area contributed by atoms with Gasteiger partial charge in [0, 0.05) is 18.5 Å². The fraction of sp³-hybridized carbons (Fsp3) is 0.429. The van der Waals surface area contributed by atoms with Gasteiger partial charge < -0.3 is 5.73 Å². The molecule has 106 valence electrons. The lowest BCUT2D eigenvalue weighted by Crippen LogP contribution is -2.19. The van der Waals surface area contributed by atoms with Crippen molar-refractivity contribution < 1.29 is 0 Å². The number of aromatic nitrogens is 4. The second-order valence-electron chi connectivity index (χ2n) is 4.76. The van der Waals surface area contributed by atoms with Crippen LogP contribution in [0.2, 0.25) is 0 Å². The average molecular weight is 272 g/mol. The Morgan fingerprint density at radius 2 is 1.95 bits per heavy atom. The minimum absolute atomic E-state index is 0.000557. The number of rotatable bonds is 4. The van der Waals surface area contributed by atoms with Gasteiger partial charge in [-0.05, 0) is 25.5 Å². The van der Waals surface area contributed by atoms with E-state index in [4.69, 9.17) is 11.1 Å². The van der Waals surface area contributed by atoms with Gasteiger partial charge in [0.05, 0.1) is 5.56 Å². The van der Waals surface area contributed by atoms with E-state index in [2.05, 4.69) is 15.1 Å². The summed E-state index contributed by atoms with van der Waals surface area (Å²) in [5, 5.41) is 12.3. The third-order valence-electron chi connectivity index (χ3n) is 3.15. The zero-order chi connectivity index (χ0) is 14.9. The number of nitrogens with two attached hydrogens (primary N) is 1. The predicted molar refractivity (Wildman–Crippen MR) is 78.4 cm³/mol. The van der Waals surface area contributed by atoms with Crippen molar-refractivity contribution in [1.29, 1.82) is 5.41 Å². The molecule has 2 aromatic heterocycles. The minimum atomic E-state index is 0.000557. The number of aryl methyl sites for hydroxylation is 4. The maximum Gasteiger partial charge on any atom is 0.167 e. The topological polar surface area (TPSA) is 93.5 Å². The van der Waals surface area contributed by atoms with Gasteiger partial charge in [0.25, 0.3) is 0 Å². The van der Waals surface area contributed by atoms with Crippen molar-refractivity contribution in [2.75, 3.05) is 0 Å². The molecule has 0 spiro atoms. The smallest absolute Gasteiger partial charge is 0.167 e. The van der Waals surface area contributed by atoms with Gasteiger partial charge in [-0.1, -0.05) is 13.8 Å². The molecule has 6 nitrogen and oxygen atoms in total. The molecule has 6 heteroatoms. The fourth-order valence-corrected chi connectivity index (χ4v) is 2.24. The molecular weight excluding hydrogens is 252 g/mol.